The van der Waals surface area contributed by atoms with Crippen molar-refractivity contribution in [3.63, 3.8) is 0 Å². The molecule has 2 aromatic rings. The van der Waals surface area contributed by atoms with Gasteiger partial charge in [-0.1, -0.05) is 29.3 Å². The standard InChI is InChI=1S/C17H18Cl2FNOS/c1-11(12-3-6-16(22-2)15(20)9-12)21-7-8-23-17-10-13(18)4-5-14(17)19/h3-6,9-11,21H,7-8H2,1-2H3. The van der Waals surface area contributed by atoms with Crippen molar-refractivity contribution in [2.75, 3.05) is 19.4 Å². The quantitative estimate of drug-likeness (QED) is 0.505. The van der Waals surface area contributed by atoms with E-state index in [1.807, 2.05) is 19.1 Å². The lowest BCUT2D eigenvalue weighted by atomic mass is 10.1. The number of methoxy groups -OCH3 is 1. The Hall–Kier alpha value is -0.940. The van der Waals surface area contributed by atoms with Crippen molar-refractivity contribution in [1.82, 2.24) is 5.32 Å². The predicted octanol–water partition coefficient (Wildman–Crippen LogP) is 5.58. The van der Waals surface area contributed by atoms with Crippen molar-refractivity contribution < 1.29 is 9.13 Å². The van der Waals surface area contributed by atoms with E-state index in [2.05, 4.69) is 5.32 Å². The van der Waals surface area contributed by atoms with Crippen LogP contribution in [0.2, 0.25) is 10.0 Å². The third-order valence-corrected chi connectivity index (χ3v) is 5.11. The second-order valence-corrected chi connectivity index (χ2v) is 6.97. The molecular formula is C17H18Cl2FNOS. The van der Waals surface area contributed by atoms with Gasteiger partial charge in [-0.3, -0.25) is 0 Å². The number of rotatable bonds is 7. The van der Waals surface area contributed by atoms with Crippen LogP contribution >= 0.6 is 35.0 Å². The third-order valence-electron chi connectivity index (χ3n) is 3.38. The molecule has 0 saturated heterocycles. The molecule has 1 unspecified atom stereocenters. The summed E-state index contributed by atoms with van der Waals surface area (Å²) in [6.07, 6.45) is 0. The van der Waals surface area contributed by atoms with Gasteiger partial charge in [0.05, 0.1) is 12.1 Å². The van der Waals surface area contributed by atoms with Crippen LogP contribution in [0.25, 0.3) is 0 Å². The maximum Gasteiger partial charge on any atom is 0.165 e. The van der Waals surface area contributed by atoms with Crippen LogP contribution in [0.1, 0.15) is 18.5 Å². The molecule has 0 radical (unpaired) electrons. The third kappa shape index (κ3) is 5.28. The van der Waals surface area contributed by atoms with Gasteiger partial charge in [-0.05, 0) is 42.8 Å². The van der Waals surface area contributed by atoms with Crippen molar-refractivity contribution in [3.05, 3.63) is 57.8 Å². The Kier molecular flexibility index (Phi) is 7.03. The first kappa shape index (κ1) is 18.4. The van der Waals surface area contributed by atoms with Crippen LogP contribution in [0.4, 0.5) is 4.39 Å². The zero-order chi connectivity index (χ0) is 16.8. The molecule has 6 heteroatoms. The zero-order valence-corrected chi connectivity index (χ0v) is 15.2. The molecule has 2 aromatic carbocycles. The Bertz CT molecular complexity index is 669. The van der Waals surface area contributed by atoms with Crippen LogP contribution in [0, 0.1) is 5.82 Å². The Morgan fingerprint density at radius 1 is 1.22 bits per heavy atom. The molecular weight excluding hydrogens is 356 g/mol. The summed E-state index contributed by atoms with van der Waals surface area (Å²) in [7, 11) is 1.46. The summed E-state index contributed by atoms with van der Waals surface area (Å²) >= 11 is 13.7. The molecule has 0 heterocycles. The van der Waals surface area contributed by atoms with E-state index in [0.717, 1.165) is 22.8 Å². The highest BCUT2D eigenvalue weighted by Crippen LogP contribution is 2.29. The monoisotopic (exact) mass is 373 g/mol. The van der Waals surface area contributed by atoms with Crippen molar-refractivity contribution in [2.24, 2.45) is 0 Å². The fourth-order valence-corrected chi connectivity index (χ4v) is 3.47. The second kappa shape index (κ2) is 8.78. The molecule has 0 aliphatic heterocycles. The van der Waals surface area contributed by atoms with Crippen LogP contribution in [0.3, 0.4) is 0 Å². The molecule has 23 heavy (non-hydrogen) atoms. The maximum absolute atomic E-state index is 13.7. The fourth-order valence-electron chi connectivity index (χ4n) is 2.09. The van der Waals surface area contributed by atoms with E-state index in [1.54, 1.807) is 30.0 Å². The number of nitrogens with one attached hydrogen (secondary N) is 1. The van der Waals surface area contributed by atoms with Crippen LogP contribution in [0.15, 0.2) is 41.3 Å². The van der Waals surface area contributed by atoms with E-state index in [4.69, 9.17) is 27.9 Å². The predicted molar refractivity (Wildman–Crippen MR) is 96.6 cm³/mol. The average molecular weight is 374 g/mol. The molecule has 0 aliphatic rings. The number of thioether (sulfide) groups is 1. The maximum atomic E-state index is 13.7. The first-order valence-corrected chi connectivity index (χ1v) is 8.90. The van der Waals surface area contributed by atoms with E-state index < -0.39 is 0 Å². The Balaban J connectivity index is 1.84. The molecule has 0 amide bonds. The van der Waals surface area contributed by atoms with Gasteiger partial charge in [-0.15, -0.1) is 11.8 Å². The molecule has 0 aromatic heterocycles. The molecule has 0 bridgehead atoms. The van der Waals surface area contributed by atoms with Crippen LogP contribution < -0.4 is 10.1 Å². The van der Waals surface area contributed by atoms with Crippen molar-refractivity contribution in [1.29, 1.82) is 0 Å². The summed E-state index contributed by atoms with van der Waals surface area (Å²) in [5.74, 6) is 0.745. The zero-order valence-electron chi connectivity index (χ0n) is 12.9. The molecule has 2 rings (SSSR count). The normalized spacial score (nSPS) is 12.2. The minimum atomic E-state index is -0.348. The SMILES string of the molecule is COc1ccc(C(C)NCCSc2cc(Cl)ccc2Cl)cc1F. The number of hydrogen-bond acceptors (Lipinski definition) is 3. The van der Waals surface area contributed by atoms with Gasteiger partial charge in [0.15, 0.2) is 11.6 Å². The molecule has 0 aliphatic carbocycles. The van der Waals surface area contributed by atoms with Crippen molar-refractivity contribution in [3.8, 4) is 5.75 Å². The van der Waals surface area contributed by atoms with Gasteiger partial charge in [-0.25, -0.2) is 4.39 Å². The average Bonchev–Trinajstić information content (AvgIpc) is 2.54. The topological polar surface area (TPSA) is 21.3 Å². The van der Waals surface area contributed by atoms with Crippen molar-refractivity contribution in [2.45, 2.75) is 17.9 Å². The number of ether oxygens (including phenoxy) is 1. The summed E-state index contributed by atoms with van der Waals surface area (Å²) in [5, 5.41) is 4.74. The number of halogens is 3. The van der Waals surface area contributed by atoms with Crippen LogP contribution in [0.5, 0.6) is 5.75 Å². The van der Waals surface area contributed by atoms with E-state index >= 15 is 0 Å². The van der Waals surface area contributed by atoms with E-state index in [9.17, 15) is 4.39 Å². The van der Waals surface area contributed by atoms with Gasteiger partial charge in [0, 0.05) is 28.3 Å². The smallest absolute Gasteiger partial charge is 0.165 e. The number of hydrogen-bond donors (Lipinski definition) is 1. The number of benzene rings is 2. The molecule has 1 atom stereocenters. The summed E-state index contributed by atoms with van der Waals surface area (Å²) in [4.78, 5) is 0.962. The Labute approximate surface area is 150 Å². The lowest BCUT2D eigenvalue weighted by Crippen LogP contribution is -2.21. The van der Waals surface area contributed by atoms with Crippen LogP contribution in [-0.2, 0) is 0 Å². The summed E-state index contributed by atoms with van der Waals surface area (Å²) < 4.78 is 18.6. The molecule has 0 fully saturated rings. The summed E-state index contributed by atoms with van der Waals surface area (Å²) in [6, 6.07) is 10.5. The van der Waals surface area contributed by atoms with Crippen molar-refractivity contribution >= 4 is 35.0 Å². The van der Waals surface area contributed by atoms with Gasteiger partial charge < -0.3 is 10.1 Å². The molecule has 0 spiro atoms. The second-order valence-electron chi connectivity index (χ2n) is 4.99. The molecule has 1 N–H and O–H groups in total. The summed E-state index contributed by atoms with van der Waals surface area (Å²) in [6.45, 7) is 2.76. The Morgan fingerprint density at radius 2 is 2.00 bits per heavy atom. The summed E-state index contributed by atoms with van der Waals surface area (Å²) in [5.41, 5.74) is 0.883. The van der Waals surface area contributed by atoms with E-state index in [0.29, 0.717) is 10.0 Å². The minimum Gasteiger partial charge on any atom is -0.494 e. The van der Waals surface area contributed by atoms with Gasteiger partial charge in [0.2, 0.25) is 0 Å². The molecule has 124 valence electrons. The van der Waals surface area contributed by atoms with Gasteiger partial charge >= 0.3 is 0 Å². The van der Waals surface area contributed by atoms with Gasteiger partial charge in [-0.2, -0.15) is 0 Å². The van der Waals surface area contributed by atoms with Gasteiger partial charge in [0.1, 0.15) is 0 Å². The lowest BCUT2D eigenvalue weighted by Gasteiger charge is -2.15. The minimum absolute atomic E-state index is 0.0471. The largest absolute Gasteiger partial charge is 0.494 e. The fraction of sp³-hybridized carbons (Fsp3) is 0.294. The molecule has 2 nitrogen and oxygen atoms in total. The van der Waals surface area contributed by atoms with E-state index in [1.165, 1.54) is 13.2 Å². The van der Waals surface area contributed by atoms with E-state index in [-0.39, 0.29) is 17.6 Å². The van der Waals surface area contributed by atoms with Crippen LogP contribution in [-0.4, -0.2) is 19.4 Å². The highest BCUT2D eigenvalue weighted by Gasteiger charge is 2.09. The molecule has 0 saturated carbocycles. The first-order chi connectivity index (χ1) is 11.0. The first-order valence-electron chi connectivity index (χ1n) is 7.16. The Morgan fingerprint density at radius 3 is 2.70 bits per heavy atom. The highest BCUT2D eigenvalue weighted by atomic mass is 35.5. The lowest BCUT2D eigenvalue weighted by molar-refractivity contribution is 0.385. The highest BCUT2D eigenvalue weighted by molar-refractivity contribution is 7.99. The van der Waals surface area contributed by atoms with Gasteiger partial charge in [0.25, 0.3) is 0 Å².